The average molecular weight is 186 g/mol. The van der Waals surface area contributed by atoms with Crippen molar-refractivity contribution in [2.45, 2.75) is 25.7 Å². The maximum absolute atomic E-state index is 5.69. The van der Waals surface area contributed by atoms with Gasteiger partial charge in [-0.3, -0.25) is 0 Å². The van der Waals surface area contributed by atoms with Crippen LogP contribution in [0.3, 0.4) is 0 Å². The van der Waals surface area contributed by atoms with Crippen LogP contribution in [0.15, 0.2) is 6.33 Å². The van der Waals surface area contributed by atoms with Gasteiger partial charge in [-0.25, -0.2) is 9.97 Å². The number of nitrogens with two attached hydrogens (primary N) is 1. The van der Waals surface area contributed by atoms with Gasteiger partial charge in [0.15, 0.2) is 0 Å². The number of aromatic nitrogens is 2. The van der Waals surface area contributed by atoms with E-state index in [4.69, 9.17) is 5.73 Å². The Labute approximate surface area is 77.8 Å². The van der Waals surface area contributed by atoms with Crippen LogP contribution in [-0.2, 0) is 12.8 Å². The molecule has 0 radical (unpaired) electrons. The van der Waals surface area contributed by atoms with Crippen LogP contribution in [0.1, 0.15) is 24.1 Å². The van der Waals surface area contributed by atoms with Crippen molar-refractivity contribution >= 4 is 18.2 Å². The lowest BCUT2D eigenvalue weighted by Crippen LogP contribution is -2.09. The van der Waals surface area contributed by atoms with Gasteiger partial charge in [-0.05, 0) is 25.7 Å². The van der Waals surface area contributed by atoms with Gasteiger partial charge in [-0.1, -0.05) is 0 Å². The van der Waals surface area contributed by atoms with E-state index < -0.39 is 0 Å². The van der Waals surface area contributed by atoms with Gasteiger partial charge in [0.05, 0.1) is 0 Å². The van der Waals surface area contributed by atoms with Gasteiger partial charge in [0.2, 0.25) is 0 Å². The van der Waals surface area contributed by atoms with Crippen molar-refractivity contribution in [3.63, 3.8) is 0 Å². The zero-order valence-corrected chi connectivity index (χ0v) is 7.60. The summed E-state index contributed by atoms with van der Waals surface area (Å²) in [7, 11) is 0. The Kier molecular flexibility index (Phi) is 2.87. The zero-order valence-electron chi connectivity index (χ0n) is 6.79. The first-order chi connectivity index (χ1) is 5.38. The molecule has 0 bridgehead atoms. The van der Waals surface area contributed by atoms with Gasteiger partial charge >= 0.3 is 0 Å². The van der Waals surface area contributed by atoms with Crippen LogP contribution in [0.4, 0.5) is 5.82 Å². The molecule has 2 N–H and O–H groups in total. The number of nitrogens with zero attached hydrogens (tertiary/aromatic N) is 2. The number of nitrogen functional groups attached to an aromatic ring is 1. The summed E-state index contributed by atoms with van der Waals surface area (Å²) in [6, 6.07) is 0. The van der Waals surface area contributed by atoms with Crippen LogP contribution in [0, 0.1) is 0 Å². The second-order valence-electron chi connectivity index (χ2n) is 2.89. The van der Waals surface area contributed by atoms with Gasteiger partial charge in [-0.15, -0.1) is 12.4 Å². The first-order valence-corrected chi connectivity index (χ1v) is 3.96. The second kappa shape index (κ2) is 3.72. The molecule has 0 aliphatic heterocycles. The Morgan fingerprint density at radius 1 is 1.17 bits per heavy atom. The van der Waals surface area contributed by atoms with Crippen molar-refractivity contribution in [3.05, 3.63) is 17.6 Å². The first kappa shape index (κ1) is 9.26. The Bertz CT molecular complexity index is 275. The Balaban J connectivity index is 0.000000720. The van der Waals surface area contributed by atoms with Crippen LogP contribution < -0.4 is 5.73 Å². The molecule has 1 aliphatic rings. The molecule has 1 aliphatic carbocycles. The largest absolute Gasteiger partial charge is 0.383 e. The molecule has 66 valence electrons. The number of hydrogen-bond donors (Lipinski definition) is 1. The summed E-state index contributed by atoms with van der Waals surface area (Å²) in [6.45, 7) is 0. The van der Waals surface area contributed by atoms with Gasteiger partial charge in [-0.2, -0.15) is 0 Å². The molecule has 12 heavy (non-hydrogen) atoms. The van der Waals surface area contributed by atoms with Crippen molar-refractivity contribution in [2.24, 2.45) is 0 Å². The number of fused-ring (bicyclic) bond motifs is 1. The van der Waals surface area contributed by atoms with Crippen molar-refractivity contribution < 1.29 is 0 Å². The Morgan fingerprint density at radius 2 is 1.92 bits per heavy atom. The van der Waals surface area contributed by atoms with Crippen LogP contribution in [0.2, 0.25) is 0 Å². The SMILES string of the molecule is Cl.Nc1ncnc2c1CCCC2. The molecule has 1 aromatic heterocycles. The van der Waals surface area contributed by atoms with E-state index in [9.17, 15) is 0 Å². The fourth-order valence-electron chi connectivity index (χ4n) is 1.55. The monoisotopic (exact) mass is 185 g/mol. The summed E-state index contributed by atoms with van der Waals surface area (Å²) in [5.74, 6) is 0.676. The van der Waals surface area contributed by atoms with Crippen molar-refractivity contribution in [1.82, 2.24) is 9.97 Å². The van der Waals surface area contributed by atoms with Crippen molar-refractivity contribution in [3.8, 4) is 0 Å². The molecule has 0 atom stereocenters. The number of hydrogen-bond acceptors (Lipinski definition) is 3. The van der Waals surface area contributed by atoms with E-state index in [1.807, 2.05) is 0 Å². The molecular weight excluding hydrogens is 174 g/mol. The van der Waals surface area contributed by atoms with Gasteiger partial charge < -0.3 is 5.73 Å². The number of rotatable bonds is 0. The highest BCUT2D eigenvalue weighted by Gasteiger charge is 2.12. The molecule has 1 heterocycles. The smallest absolute Gasteiger partial charge is 0.130 e. The highest BCUT2D eigenvalue weighted by molar-refractivity contribution is 5.85. The topological polar surface area (TPSA) is 51.8 Å². The minimum atomic E-state index is 0. The number of halogens is 1. The van der Waals surface area contributed by atoms with Crippen LogP contribution in [-0.4, -0.2) is 9.97 Å². The fraction of sp³-hybridized carbons (Fsp3) is 0.500. The molecular formula is C8H12ClN3. The third-order valence-corrected chi connectivity index (χ3v) is 2.16. The minimum absolute atomic E-state index is 0. The van der Waals surface area contributed by atoms with Crippen molar-refractivity contribution in [1.29, 1.82) is 0 Å². The fourth-order valence-corrected chi connectivity index (χ4v) is 1.55. The zero-order chi connectivity index (χ0) is 7.68. The maximum Gasteiger partial charge on any atom is 0.130 e. The first-order valence-electron chi connectivity index (χ1n) is 3.96. The highest BCUT2D eigenvalue weighted by atomic mass is 35.5. The molecule has 0 saturated heterocycles. The molecule has 1 aromatic rings. The Hall–Kier alpha value is -0.830. The summed E-state index contributed by atoms with van der Waals surface area (Å²) in [5.41, 5.74) is 8.03. The molecule has 0 fully saturated rings. The van der Waals surface area contributed by atoms with Gasteiger partial charge in [0, 0.05) is 11.3 Å². The lowest BCUT2D eigenvalue weighted by Gasteiger charge is -2.14. The predicted octanol–water partition coefficient (Wildman–Crippen LogP) is 1.36. The number of aryl methyl sites for hydroxylation is 1. The third-order valence-electron chi connectivity index (χ3n) is 2.16. The summed E-state index contributed by atoms with van der Waals surface area (Å²) in [5, 5.41) is 0. The van der Waals surface area contributed by atoms with Crippen molar-refractivity contribution in [2.75, 3.05) is 5.73 Å². The molecule has 2 rings (SSSR count). The van der Waals surface area contributed by atoms with Crippen LogP contribution in [0.5, 0.6) is 0 Å². The van der Waals surface area contributed by atoms with E-state index >= 15 is 0 Å². The number of anilines is 1. The van der Waals surface area contributed by atoms with E-state index in [1.54, 1.807) is 6.33 Å². The van der Waals surface area contributed by atoms with Crippen LogP contribution >= 0.6 is 12.4 Å². The van der Waals surface area contributed by atoms with E-state index in [-0.39, 0.29) is 12.4 Å². The van der Waals surface area contributed by atoms with E-state index in [0.717, 1.165) is 18.5 Å². The summed E-state index contributed by atoms with van der Waals surface area (Å²) < 4.78 is 0. The quantitative estimate of drug-likeness (QED) is 0.664. The summed E-state index contributed by atoms with van der Waals surface area (Å²) in [6.07, 6.45) is 6.15. The minimum Gasteiger partial charge on any atom is -0.383 e. The van der Waals surface area contributed by atoms with E-state index in [1.165, 1.54) is 18.4 Å². The third kappa shape index (κ3) is 1.50. The van der Waals surface area contributed by atoms with Gasteiger partial charge in [0.25, 0.3) is 0 Å². The molecule has 0 aromatic carbocycles. The molecule has 3 nitrogen and oxygen atoms in total. The average Bonchev–Trinajstić information content (AvgIpc) is 2.06. The summed E-state index contributed by atoms with van der Waals surface area (Å²) in [4.78, 5) is 8.15. The predicted molar refractivity (Wildman–Crippen MR) is 50.3 cm³/mol. The molecule has 4 heteroatoms. The van der Waals surface area contributed by atoms with E-state index in [2.05, 4.69) is 9.97 Å². The van der Waals surface area contributed by atoms with E-state index in [0.29, 0.717) is 5.82 Å². The maximum atomic E-state index is 5.69. The second-order valence-corrected chi connectivity index (χ2v) is 2.89. The normalized spacial score (nSPS) is 14.7. The highest BCUT2D eigenvalue weighted by Crippen LogP contribution is 2.21. The Morgan fingerprint density at radius 3 is 2.67 bits per heavy atom. The molecule has 0 unspecified atom stereocenters. The lowest BCUT2D eigenvalue weighted by atomic mass is 9.97. The molecule has 0 amide bonds. The molecule has 0 spiro atoms. The summed E-state index contributed by atoms with van der Waals surface area (Å²) >= 11 is 0. The molecule has 0 saturated carbocycles. The standard InChI is InChI=1S/C8H11N3.ClH/c9-8-6-3-1-2-4-7(6)10-5-11-8;/h5H,1-4H2,(H2,9,10,11);1H. The lowest BCUT2D eigenvalue weighted by molar-refractivity contribution is 0.664. The van der Waals surface area contributed by atoms with Gasteiger partial charge in [0.1, 0.15) is 12.1 Å². The van der Waals surface area contributed by atoms with Crippen LogP contribution in [0.25, 0.3) is 0 Å².